The van der Waals surface area contributed by atoms with Gasteiger partial charge >= 0.3 is 0 Å². The summed E-state index contributed by atoms with van der Waals surface area (Å²) in [5, 5.41) is 13.3. The molecule has 0 aromatic heterocycles. The van der Waals surface area contributed by atoms with Gasteiger partial charge in [-0.05, 0) is 43.5 Å². The van der Waals surface area contributed by atoms with Crippen molar-refractivity contribution >= 4 is 0 Å². The van der Waals surface area contributed by atoms with E-state index in [-0.39, 0.29) is 6.23 Å². The minimum absolute atomic E-state index is 0.163. The Hall–Kier alpha value is -1.84. The number of nitrogens with one attached hydrogen (secondary N) is 1. The van der Waals surface area contributed by atoms with Gasteiger partial charge in [0.25, 0.3) is 0 Å². The first-order valence-electron chi connectivity index (χ1n) is 7.27. The Balaban J connectivity index is 1.87. The average Bonchev–Trinajstić information content (AvgIpc) is 2.50. The summed E-state index contributed by atoms with van der Waals surface area (Å²) in [7, 11) is 0. The number of aryl methyl sites for hydroxylation is 1. The third-order valence-corrected chi connectivity index (χ3v) is 3.64. The van der Waals surface area contributed by atoms with E-state index in [0.717, 1.165) is 16.9 Å². The molecule has 2 aromatic carbocycles. The summed E-state index contributed by atoms with van der Waals surface area (Å²) >= 11 is 0. The van der Waals surface area contributed by atoms with Crippen LogP contribution < -0.4 is 10.1 Å². The van der Waals surface area contributed by atoms with Gasteiger partial charge in [0.1, 0.15) is 12.0 Å². The van der Waals surface area contributed by atoms with Gasteiger partial charge in [0.15, 0.2) is 0 Å². The second-order valence-corrected chi connectivity index (χ2v) is 5.29. The van der Waals surface area contributed by atoms with Gasteiger partial charge in [0, 0.05) is 6.54 Å². The molecule has 0 radical (unpaired) electrons. The van der Waals surface area contributed by atoms with Crippen LogP contribution in [-0.4, -0.2) is 17.9 Å². The van der Waals surface area contributed by atoms with Crippen molar-refractivity contribution in [2.24, 2.45) is 0 Å². The number of hydrogen-bond donors (Lipinski definition) is 2. The highest BCUT2D eigenvalue weighted by Crippen LogP contribution is 2.21. The van der Waals surface area contributed by atoms with Crippen LogP contribution in [0.2, 0.25) is 0 Å². The van der Waals surface area contributed by atoms with Crippen LogP contribution in [0.1, 0.15) is 29.7 Å². The quantitative estimate of drug-likeness (QED) is 0.800. The molecule has 0 aliphatic heterocycles. The first kappa shape index (κ1) is 15.5. The van der Waals surface area contributed by atoms with E-state index in [9.17, 15) is 5.11 Å². The Morgan fingerprint density at radius 3 is 2.48 bits per heavy atom. The molecule has 2 aromatic rings. The van der Waals surface area contributed by atoms with Crippen LogP contribution in [0.15, 0.2) is 48.5 Å². The van der Waals surface area contributed by atoms with Gasteiger partial charge in [-0.15, -0.1) is 0 Å². The van der Waals surface area contributed by atoms with Crippen LogP contribution >= 0.6 is 0 Å². The van der Waals surface area contributed by atoms with Crippen LogP contribution in [0.4, 0.5) is 0 Å². The average molecular weight is 285 g/mol. The molecule has 0 bridgehead atoms. The molecule has 0 spiro atoms. The van der Waals surface area contributed by atoms with Gasteiger partial charge in [-0.1, -0.05) is 42.5 Å². The van der Waals surface area contributed by atoms with Crippen LogP contribution in [-0.2, 0) is 0 Å². The fourth-order valence-electron chi connectivity index (χ4n) is 2.15. The van der Waals surface area contributed by atoms with Crippen LogP contribution in [0.5, 0.6) is 5.75 Å². The molecule has 0 saturated heterocycles. The van der Waals surface area contributed by atoms with Crippen molar-refractivity contribution in [1.82, 2.24) is 5.32 Å². The summed E-state index contributed by atoms with van der Waals surface area (Å²) in [5.74, 6) is 0.879. The van der Waals surface area contributed by atoms with E-state index in [1.165, 1.54) is 5.56 Å². The summed E-state index contributed by atoms with van der Waals surface area (Å²) in [6, 6.07) is 15.7. The van der Waals surface area contributed by atoms with Gasteiger partial charge in [-0.25, -0.2) is 0 Å². The van der Waals surface area contributed by atoms with Gasteiger partial charge in [-0.3, -0.25) is 5.32 Å². The van der Waals surface area contributed by atoms with Crippen molar-refractivity contribution in [2.45, 2.75) is 33.1 Å². The monoisotopic (exact) mass is 285 g/mol. The minimum Gasteiger partial charge on any atom is -0.475 e. The van der Waals surface area contributed by atoms with E-state index in [4.69, 9.17) is 4.74 Å². The molecule has 3 heteroatoms. The molecule has 2 rings (SSSR count). The Morgan fingerprint density at radius 1 is 1.05 bits per heavy atom. The van der Waals surface area contributed by atoms with E-state index in [2.05, 4.69) is 25.2 Å². The summed E-state index contributed by atoms with van der Waals surface area (Å²) in [5.41, 5.74) is 3.27. The van der Waals surface area contributed by atoms with Crippen LogP contribution in [0.25, 0.3) is 0 Å². The Bertz CT molecular complexity index is 569. The normalized spacial score (nSPS) is 13.7. The molecule has 2 atom stereocenters. The minimum atomic E-state index is -0.532. The van der Waals surface area contributed by atoms with E-state index in [0.29, 0.717) is 6.54 Å². The molecular formula is C18H23NO2. The number of rotatable bonds is 6. The maximum Gasteiger partial charge on any atom is 0.147 e. The molecule has 112 valence electrons. The van der Waals surface area contributed by atoms with E-state index in [1.54, 1.807) is 0 Å². The lowest BCUT2D eigenvalue weighted by molar-refractivity contribution is 0.127. The molecule has 0 aliphatic carbocycles. The zero-order valence-electron chi connectivity index (χ0n) is 12.8. The number of benzene rings is 2. The van der Waals surface area contributed by atoms with Crippen molar-refractivity contribution < 1.29 is 9.84 Å². The molecule has 0 aliphatic rings. The lowest BCUT2D eigenvalue weighted by atomic mass is 10.1. The SMILES string of the molecule is Cc1cccc(OC(C)NCC(O)c2ccccc2)c1C. The Labute approximate surface area is 126 Å². The zero-order valence-corrected chi connectivity index (χ0v) is 12.8. The fourth-order valence-corrected chi connectivity index (χ4v) is 2.15. The molecule has 2 N–H and O–H groups in total. The first-order chi connectivity index (χ1) is 10.1. The molecule has 0 amide bonds. The van der Waals surface area contributed by atoms with Gasteiger partial charge in [0.05, 0.1) is 6.10 Å². The topological polar surface area (TPSA) is 41.5 Å². The van der Waals surface area contributed by atoms with Gasteiger partial charge in [0.2, 0.25) is 0 Å². The Morgan fingerprint density at radius 2 is 1.76 bits per heavy atom. The number of aliphatic hydroxyl groups is 1. The lowest BCUT2D eigenvalue weighted by Crippen LogP contribution is -2.34. The lowest BCUT2D eigenvalue weighted by Gasteiger charge is -2.20. The van der Waals surface area contributed by atoms with Crippen molar-refractivity contribution in [3.05, 3.63) is 65.2 Å². The molecule has 0 heterocycles. The highest BCUT2D eigenvalue weighted by molar-refractivity contribution is 5.38. The second kappa shape index (κ2) is 7.25. The van der Waals surface area contributed by atoms with Crippen molar-refractivity contribution in [3.8, 4) is 5.75 Å². The molecule has 21 heavy (non-hydrogen) atoms. The largest absolute Gasteiger partial charge is 0.475 e. The van der Waals surface area contributed by atoms with E-state index >= 15 is 0 Å². The summed E-state index contributed by atoms with van der Waals surface area (Å²) in [4.78, 5) is 0. The third kappa shape index (κ3) is 4.31. The Kier molecular flexibility index (Phi) is 5.37. The van der Waals surface area contributed by atoms with Crippen LogP contribution in [0.3, 0.4) is 0 Å². The van der Waals surface area contributed by atoms with E-state index < -0.39 is 6.10 Å². The predicted octanol–water partition coefficient (Wildman–Crippen LogP) is 3.35. The maximum absolute atomic E-state index is 10.1. The highest BCUT2D eigenvalue weighted by atomic mass is 16.5. The third-order valence-electron chi connectivity index (χ3n) is 3.64. The smallest absolute Gasteiger partial charge is 0.147 e. The number of ether oxygens (including phenoxy) is 1. The second-order valence-electron chi connectivity index (χ2n) is 5.29. The van der Waals surface area contributed by atoms with Gasteiger partial charge < -0.3 is 9.84 Å². The molecule has 0 saturated carbocycles. The maximum atomic E-state index is 10.1. The number of aliphatic hydroxyl groups excluding tert-OH is 1. The summed E-state index contributed by atoms with van der Waals surface area (Å²) < 4.78 is 5.89. The molecular weight excluding hydrogens is 262 g/mol. The molecule has 0 fully saturated rings. The van der Waals surface area contributed by atoms with E-state index in [1.807, 2.05) is 49.4 Å². The van der Waals surface area contributed by atoms with Crippen molar-refractivity contribution in [3.63, 3.8) is 0 Å². The van der Waals surface area contributed by atoms with Crippen molar-refractivity contribution in [1.29, 1.82) is 0 Å². The predicted molar refractivity (Wildman–Crippen MR) is 85.4 cm³/mol. The first-order valence-corrected chi connectivity index (χ1v) is 7.27. The molecule has 2 unspecified atom stereocenters. The number of hydrogen-bond acceptors (Lipinski definition) is 3. The molecule has 3 nitrogen and oxygen atoms in total. The standard InChI is InChI=1S/C18H23NO2/c1-13-8-7-11-18(14(13)2)21-15(3)19-12-17(20)16-9-5-4-6-10-16/h4-11,15,17,19-20H,12H2,1-3H3. The van der Waals surface area contributed by atoms with Crippen LogP contribution in [0, 0.1) is 13.8 Å². The zero-order chi connectivity index (χ0) is 15.2. The summed E-state index contributed by atoms with van der Waals surface area (Å²) in [6.45, 7) is 6.52. The summed E-state index contributed by atoms with van der Waals surface area (Å²) in [6.07, 6.45) is -0.695. The van der Waals surface area contributed by atoms with Crippen molar-refractivity contribution in [2.75, 3.05) is 6.54 Å². The van der Waals surface area contributed by atoms with Gasteiger partial charge in [-0.2, -0.15) is 0 Å². The highest BCUT2D eigenvalue weighted by Gasteiger charge is 2.11. The fraction of sp³-hybridized carbons (Fsp3) is 0.333.